The normalized spacial score (nSPS) is 10.8. The molecule has 1 N–H and O–H groups in total. The fourth-order valence-electron chi connectivity index (χ4n) is 2.84. The van der Waals surface area contributed by atoms with Crippen LogP contribution in [0, 0.1) is 19.7 Å². The predicted molar refractivity (Wildman–Crippen MR) is 106 cm³/mol. The van der Waals surface area contributed by atoms with Crippen LogP contribution in [0.25, 0.3) is 11.4 Å². The Morgan fingerprint density at radius 3 is 2.48 bits per heavy atom. The van der Waals surface area contributed by atoms with Crippen LogP contribution in [0.1, 0.15) is 18.1 Å². The molecule has 0 aliphatic heterocycles. The number of para-hydroxylation sites is 1. The van der Waals surface area contributed by atoms with Crippen LogP contribution in [0.4, 0.5) is 10.1 Å². The summed E-state index contributed by atoms with van der Waals surface area (Å²) in [4.78, 5) is 12.4. The number of benzene rings is 2. The molecule has 5 nitrogen and oxygen atoms in total. The van der Waals surface area contributed by atoms with Crippen molar-refractivity contribution in [3.8, 4) is 11.4 Å². The first-order valence-corrected chi connectivity index (χ1v) is 9.66. The van der Waals surface area contributed by atoms with Gasteiger partial charge in [0.2, 0.25) is 5.91 Å². The monoisotopic (exact) mass is 384 g/mol. The first-order valence-electron chi connectivity index (χ1n) is 8.68. The molecule has 7 heteroatoms. The third kappa shape index (κ3) is 4.19. The molecule has 0 spiro atoms. The molecule has 0 atom stereocenters. The number of thioether (sulfide) groups is 1. The molecule has 3 rings (SSSR count). The highest BCUT2D eigenvalue weighted by atomic mass is 32.2. The zero-order valence-corrected chi connectivity index (χ0v) is 16.3. The maximum absolute atomic E-state index is 14.1. The Morgan fingerprint density at radius 2 is 1.81 bits per heavy atom. The molecular formula is C20H21FN4OS. The molecule has 0 fully saturated rings. The lowest BCUT2D eigenvalue weighted by molar-refractivity contribution is -0.113. The Hall–Kier alpha value is -2.67. The molecule has 1 heterocycles. The van der Waals surface area contributed by atoms with Gasteiger partial charge in [-0.05, 0) is 44.0 Å². The van der Waals surface area contributed by atoms with Crippen molar-refractivity contribution in [2.24, 2.45) is 0 Å². The molecule has 0 aliphatic carbocycles. The highest BCUT2D eigenvalue weighted by Crippen LogP contribution is 2.26. The second kappa shape index (κ2) is 8.35. The molecule has 3 aromatic rings. The molecule has 1 aromatic heterocycles. The van der Waals surface area contributed by atoms with E-state index in [2.05, 4.69) is 15.5 Å². The summed E-state index contributed by atoms with van der Waals surface area (Å²) >= 11 is 1.29. The number of hydrogen-bond donors (Lipinski definition) is 1. The Morgan fingerprint density at radius 1 is 1.11 bits per heavy atom. The molecular weight excluding hydrogens is 363 g/mol. The molecule has 0 aliphatic rings. The van der Waals surface area contributed by atoms with Crippen molar-refractivity contribution in [2.75, 3.05) is 11.1 Å². The molecule has 1 amide bonds. The van der Waals surface area contributed by atoms with Crippen molar-refractivity contribution in [1.29, 1.82) is 0 Å². The van der Waals surface area contributed by atoms with Crippen LogP contribution in [0.5, 0.6) is 0 Å². The second-order valence-electron chi connectivity index (χ2n) is 6.13. The van der Waals surface area contributed by atoms with Gasteiger partial charge in [-0.25, -0.2) is 4.39 Å². The van der Waals surface area contributed by atoms with E-state index in [0.717, 1.165) is 16.8 Å². The number of carbonyl (C=O) groups is 1. The fourth-order valence-corrected chi connectivity index (χ4v) is 3.64. The number of rotatable bonds is 6. The van der Waals surface area contributed by atoms with E-state index in [9.17, 15) is 9.18 Å². The van der Waals surface area contributed by atoms with E-state index in [0.29, 0.717) is 23.1 Å². The number of halogens is 1. The Kier molecular flexibility index (Phi) is 5.91. The van der Waals surface area contributed by atoms with E-state index in [1.54, 1.807) is 18.2 Å². The SMILES string of the molecule is CCn1c(SCC(=O)Nc2c(C)cccc2C)nnc1-c1ccccc1F. The van der Waals surface area contributed by atoms with Crippen molar-refractivity contribution in [2.45, 2.75) is 32.5 Å². The first kappa shape index (κ1) is 19.1. The van der Waals surface area contributed by atoms with Crippen LogP contribution in [-0.4, -0.2) is 26.4 Å². The number of hydrogen-bond acceptors (Lipinski definition) is 4. The van der Waals surface area contributed by atoms with Gasteiger partial charge in [-0.15, -0.1) is 10.2 Å². The number of nitrogens with one attached hydrogen (secondary N) is 1. The van der Waals surface area contributed by atoms with Crippen molar-refractivity contribution < 1.29 is 9.18 Å². The van der Waals surface area contributed by atoms with E-state index in [-0.39, 0.29) is 17.5 Å². The zero-order chi connectivity index (χ0) is 19.4. The Bertz CT molecular complexity index is 950. The lowest BCUT2D eigenvalue weighted by Gasteiger charge is -2.11. The summed E-state index contributed by atoms with van der Waals surface area (Å²) in [5, 5.41) is 11.8. The molecule has 27 heavy (non-hydrogen) atoms. The van der Waals surface area contributed by atoms with E-state index in [4.69, 9.17) is 0 Å². The van der Waals surface area contributed by atoms with E-state index in [1.807, 2.05) is 43.5 Å². The van der Waals surface area contributed by atoms with Gasteiger partial charge in [-0.2, -0.15) is 0 Å². The third-order valence-corrected chi connectivity index (χ3v) is 5.19. The van der Waals surface area contributed by atoms with Crippen LogP contribution >= 0.6 is 11.8 Å². The van der Waals surface area contributed by atoms with Crippen LogP contribution in [0.15, 0.2) is 47.6 Å². The minimum absolute atomic E-state index is 0.115. The molecule has 0 saturated heterocycles. The highest BCUT2D eigenvalue weighted by molar-refractivity contribution is 7.99. The molecule has 0 bridgehead atoms. The molecule has 140 valence electrons. The highest BCUT2D eigenvalue weighted by Gasteiger charge is 2.17. The average molecular weight is 384 g/mol. The van der Waals surface area contributed by atoms with Gasteiger partial charge in [0.15, 0.2) is 11.0 Å². The van der Waals surface area contributed by atoms with Gasteiger partial charge in [-0.1, -0.05) is 42.1 Å². The van der Waals surface area contributed by atoms with Crippen molar-refractivity contribution in [1.82, 2.24) is 14.8 Å². The minimum atomic E-state index is -0.344. The quantitative estimate of drug-likeness (QED) is 0.638. The molecule has 0 radical (unpaired) electrons. The molecule has 0 unspecified atom stereocenters. The lowest BCUT2D eigenvalue weighted by Crippen LogP contribution is -2.16. The van der Waals surface area contributed by atoms with Crippen LogP contribution < -0.4 is 5.32 Å². The van der Waals surface area contributed by atoms with Crippen LogP contribution in [0.2, 0.25) is 0 Å². The first-order chi connectivity index (χ1) is 13.0. The maximum atomic E-state index is 14.1. The number of nitrogens with zero attached hydrogens (tertiary/aromatic N) is 3. The lowest BCUT2D eigenvalue weighted by atomic mass is 10.1. The standard InChI is InChI=1S/C20H21FN4OS/c1-4-25-19(15-10-5-6-11-16(15)21)23-24-20(25)27-12-17(26)22-18-13(2)8-7-9-14(18)3/h5-11H,4,12H2,1-3H3,(H,22,26). The summed E-state index contributed by atoms with van der Waals surface area (Å²) in [6, 6.07) is 12.4. The summed E-state index contributed by atoms with van der Waals surface area (Å²) in [5.41, 5.74) is 3.28. The number of aromatic nitrogens is 3. The zero-order valence-electron chi connectivity index (χ0n) is 15.5. The van der Waals surface area contributed by atoms with Gasteiger partial charge < -0.3 is 9.88 Å². The number of amides is 1. The topological polar surface area (TPSA) is 59.8 Å². The summed E-state index contributed by atoms with van der Waals surface area (Å²) < 4.78 is 15.9. The van der Waals surface area contributed by atoms with Crippen LogP contribution in [-0.2, 0) is 11.3 Å². The van der Waals surface area contributed by atoms with Crippen molar-refractivity contribution >= 4 is 23.4 Å². The van der Waals surface area contributed by atoms with E-state index in [1.165, 1.54) is 17.8 Å². The Labute approximate surface area is 162 Å². The second-order valence-corrected chi connectivity index (χ2v) is 7.08. The van der Waals surface area contributed by atoms with Gasteiger partial charge in [0.05, 0.1) is 11.3 Å². The van der Waals surface area contributed by atoms with Gasteiger partial charge >= 0.3 is 0 Å². The van der Waals surface area contributed by atoms with E-state index >= 15 is 0 Å². The summed E-state index contributed by atoms with van der Waals surface area (Å²) in [7, 11) is 0. The predicted octanol–water partition coefficient (Wildman–Crippen LogP) is 4.45. The molecule has 0 saturated carbocycles. The third-order valence-electron chi connectivity index (χ3n) is 4.23. The summed E-state index contributed by atoms with van der Waals surface area (Å²) in [6.07, 6.45) is 0. The van der Waals surface area contributed by atoms with Crippen molar-refractivity contribution in [3.05, 3.63) is 59.4 Å². The smallest absolute Gasteiger partial charge is 0.234 e. The largest absolute Gasteiger partial charge is 0.325 e. The number of carbonyl (C=O) groups excluding carboxylic acids is 1. The number of aryl methyl sites for hydroxylation is 2. The Balaban J connectivity index is 1.73. The van der Waals surface area contributed by atoms with Gasteiger partial charge in [-0.3, -0.25) is 4.79 Å². The van der Waals surface area contributed by atoms with Crippen LogP contribution in [0.3, 0.4) is 0 Å². The molecule has 2 aromatic carbocycles. The summed E-state index contributed by atoms with van der Waals surface area (Å²) in [5.74, 6) is 0.205. The van der Waals surface area contributed by atoms with Gasteiger partial charge in [0.1, 0.15) is 5.82 Å². The average Bonchev–Trinajstić information content (AvgIpc) is 3.06. The van der Waals surface area contributed by atoms with Gasteiger partial charge in [0, 0.05) is 12.2 Å². The fraction of sp³-hybridized carbons (Fsp3) is 0.250. The van der Waals surface area contributed by atoms with E-state index < -0.39 is 0 Å². The maximum Gasteiger partial charge on any atom is 0.234 e. The minimum Gasteiger partial charge on any atom is -0.325 e. The van der Waals surface area contributed by atoms with Gasteiger partial charge in [0.25, 0.3) is 0 Å². The number of anilines is 1. The summed E-state index contributed by atoms with van der Waals surface area (Å²) in [6.45, 7) is 6.44. The van der Waals surface area contributed by atoms with Crippen molar-refractivity contribution in [3.63, 3.8) is 0 Å².